The first kappa shape index (κ1) is 12.2. The second-order valence-corrected chi connectivity index (χ2v) is 3.86. The maximum atomic E-state index is 5.16. The maximum absolute atomic E-state index is 5.16. The zero-order chi connectivity index (χ0) is 11.1. The lowest BCUT2D eigenvalue weighted by atomic mass is 9.98. The van der Waals surface area contributed by atoms with Gasteiger partial charge >= 0.3 is 0 Å². The number of hydrogen-bond acceptors (Lipinski definition) is 3. The van der Waals surface area contributed by atoms with Crippen molar-refractivity contribution in [2.45, 2.75) is 32.7 Å². The minimum atomic E-state index is 0.632. The Balaban J connectivity index is 2.49. The second-order valence-electron chi connectivity index (χ2n) is 3.86. The van der Waals surface area contributed by atoms with Crippen LogP contribution >= 0.6 is 0 Å². The summed E-state index contributed by atoms with van der Waals surface area (Å²) in [7, 11) is 0. The van der Waals surface area contributed by atoms with Crippen molar-refractivity contribution < 1.29 is 0 Å². The first-order valence-corrected chi connectivity index (χ1v) is 5.51. The number of hydrogen-bond donors (Lipinski definition) is 3. The Labute approximate surface area is 92.0 Å². The van der Waals surface area contributed by atoms with Crippen molar-refractivity contribution in [3.8, 4) is 0 Å². The molecule has 0 bridgehead atoms. The van der Waals surface area contributed by atoms with Gasteiger partial charge in [0.25, 0.3) is 0 Å². The lowest BCUT2D eigenvalue weighted by Crippen LogP contribution is -2.33. The van der Waals surface area contributed by atoms with Crippen molar-refractivity contribution in [2.75, 3.05) is 6.67 Å². The molecule has 0 aliphatic carbocycles. The van der Waals surface area contributed by atoms with Crippen LogP contribution in [-0.4, -0.2) is 6.67 Å². The SMILES string of the molecule is CCC(C)c1ccc(CNCNN)cc1. The fourth-order valence-corrected chi connectivity index (χ4v) is 1.48. The predicted octanol–water partition coefficient (Wildman–Crippen LogP) is 1.71. The van der Waals surface area contributed by atoms with E-state index in [0.717, 1.165) is 6.54 Å². The molecule has 15 heavy (non-hydrogen) atoms. The maximum Gasteiger partial charge on any atom is 0.0590 e. The summed E-state index contributed by atoms with van der Waals surface area (Å²) in [5.74, 6) is 5.81. The molecule has 0 amide bonds. The molecule has 0 aliphatic rings. The molecule has 0 fully saturated rings. The highest BCUT2D eigenvalue weighted by atomic mass is 15.3. The van der Waals surface area contributed by atoms with E-state index in [2.05, 4.69) is 48.9 Å². The second kappa shape index (κ2) is 6.56. The van der Waals surface area contributed by atoms with Crippen molar-refractivity contribution in [1.82, 2.24) is 10.7 Å². The molecule has 4 N–H and O–H groups in total. The third kappa shape index (κ3) is 4.00. The summed E-state index contributed by atoms with van der Waals surface area (Å²) in [4.78, 5) is 0. The van der Waals surface area contributed by atoms with Crippen LogP contribution in [0.15, 0.2) is 24.3 Å². The molecule has 0 saturated heterocycles. The molecule has 3 nitrogen and oxygen atoms in total. The van der Waals surface area contributed by atoms with E-state index in [9.17, 15) is 0 Å². The van der Waals surface area contributed by atoms with Gasteiger partial charge in [-0.1, -0.05) is 38.1 Å². The zero-order valence-corrected chi connectivity index (χ0v) is 9.59. The Hall–Kier alpha value is -0.900. The van der Waals surface area contributed by atoms with Gasteiger partial charge in [0.1, 0.15) is 0 Å². The topological polar surface area (TPSA) is 50.1 Å². The van der Waals surface area contributed by atoms with Crippen LogP contribution in [0.5, 0.6) is 0 Å². The molecule has 0 heterocycles. The Bertz CT molecular complexity index is 269. The quantitative estimate of drug-likeness (QED) is 0.288. The molecule has 0 spiro atoms. The number of benzene rings is 1. The standard InChI is InChI=1S/C12H21N3/c1-3-10(2)12-6-4-11(5-7-12)8-14-9-15-13/h4-7,10,14-15H,3,8-9,13H2,1-2H3. The fraction of sp³-hybridized carbons (Fsp3) is 0.500. The molecular formula is C12H21N3. The number of nitrogens with one attached hydrogen (secondary N) is 2. The summed E-state index contributed by atoms with van der Waals surface area (Å²) < 4.78 is 0. The highest BCUT2D eigenvalue weighted by Gasteiger charge is 2.01. The summed E-state index contributed by atoms with van der Waals surface area (Å²) in [5, 5.41) is 3.18. The molecule has 0 saturated carbocycles. The Morgan fingerprint density at radius 3 is 2.47 bits per heavy atom. The van der Waals surface area contributed by atoms with Gasteiger partial charge in [0.05, 0.1) is 6.67 Å². The molecule has 1 unspecified atom stereocenters. The summed E-state index contributed by atoms with van der Waals surface area (Å²) in [6.45, 7) is 5.96. The van der Waals surface area contributed by atoms with Crippen LogP contribution in [0.2, 0.25) is 0 Å². The van der Waals surface area contributed by atoms with Crippen LogP contribution in [0.1, 0.15) is 37.3 Å². The highest BCUT2D eigenvalue weighted by Crippen LogP contribution is 2.18. The van der Waals surface area contributed by atoms with Crippen LogP contribution in [0.3, 0.4) is 0 Å². The molecule has 1 aromatic carbocycles. The third-order valence-corrected chi connectivity index (χ3v) is 2.72. The van der Waals surface area contributed by atoms with Crippen molar-refractivity contribution in [2.24, 2.45) is 5.84 Å². The van der Waals surface area contributed by atoms with Gasteiger partial charge in [0.15, 0.2) is 0 Å². The van der Waals surface area contributed by atoms with Crippen LogP contribution in [-0.2, 0) is 6.54 Å². The molecule has 1 atom stereocenters. The van der Waals surface area contributed by atoms with E-state index >= 15 is 0 Å². The molecule has 0 radical (unpaired) electrons. The van der Waals surface area contributed by atoms with Crippen LogP contribution in [0.4, 0.5) is 0 Å². The average molecular weight is 207 g/mol. The van der Waals surface area contributed by atoms with Crippen LogP contribution < -0.4 is 16.6 Å². The molecule has 1 aromatic rings. The lowest BCUT2D eigenvalue weighted by Gasteiger charge is -2.10. The van der Waals surface area contributed by atoms with Gasteiger partial charge in [-0.15, -0.1) is 0 Å². The fourth-order valence-electron chi connectivity index (χ4n) is 1.48. The van der Waals surface area contributed by atoms with Gasteiger partial charge in [-0.2, -0.15) is 0 Å². The lowest BCUT2D eigenvalue weighted by molar-refractivity contribution is 0.601. The van der Waals surface area contributed by atoms with E-state index in [1.165, 1.54) is 17.5 Å². The van der Waals surface area contributed by atoms with Gasteiger partial charge in [-0.05, 0) is 23.5 Å². The molecule has 3 heteroatoms. The number of rotatable bonds is 6. The van der Waals surface area contributed by atoms with Gasteiger partial charge in [-0.3, -0.25) is 11.2 Å². The Morgan fingerprint density at radius 2 is 1.93 bits per heavy atom. The minimum absolute atomic E-state index is 0.632. The monoisotopic (exact) mass is 207 g/mol. The Kier molecular flexibility index (Phi) is 5.32. The zero-order valence-electron chi connectivity index (χ0n) is 9.59. The van der Waals surface area contributed by atoms with Crippen molar-refractivity contribution in [1.29, 1.82) is 0 Å². The van der Waals surface area contributed by atoms with E-state index in [1.807, 2.05) is 0 Å². The van der Waals surface area contributed by atoms with E-state index in [-0.39, 0.29) is 0 Å². The molecular weight excluding hydrogens is 186 g/mol. The third-order valence-electron chi connectivity index (χ3n) is 2.72. The van der Waals surface area contributed by atoms with Crippen molar-refractivity contribution in [3.63, 3.8) is 0 Å². The van der Waals surface area contributed by atoms with Crippen LogP contribution in [0, 0.1) is 0 Å². The largest absolute Gasteiger partial charge is 0.299 e. The van der Waals surface area contributed by atoms with Gasteiger partial charge in [0, 0.05) is 6.54 Å². The number of hydrazine groups is 1. The van der Waals surface area contributed by atoms with Crippen molar-refractivity contribution in [3.05, 3.63) is 35.4 Å². The summed E-state index contributed by atoms with van der Waals surface area (Å²) >= 11 is 0. The van der Waals surface area contributed by atoms with Gasteiger partial charge < -0.3 is 0 Å². The number of nitrogens with two attached hydrogens (primary N) is 1. The van der Waals surface area contributed by atoms with E-state index in [0.29, 0.717) is 12.6 Å². The Morgan fingerprint density at radius 1 is 1.27 bits per heavy atom. The summed E-state index contributed by atoms with van der Waals surface area (Å²) in [6, 6.07) is 8.76. The van der Waals surface area contributed by atoms with E-state index in [1.54, 1.807) is 0 Å². The summed E-state index contributed by atoms with van der Waals surface area (Å²) in [5.41, 5.74) is 5.27. The first-order valence-electron chi connectivity index (χ1n) is 5.51. The first-order chi connectivity index (χ1) is 7.27. The van der Waals surface area contributed by atoms with Crippen molar-refractivity contribution >= 4 is 0 Å². The van der Waals surface area contributed by atoms with Gasteiger partial charge in [-0.25, -0.2) is 5.43 Å². The smallest absolute Gasteiger partial charge is 0.0590 e. The van der Waals surface area contributed by atoms with E-state index in [4.69, 9.17) is 5.84 Å². The highest BCUT2D eigenvalue weighted by molar-refractivity contribution is 5.24. The average Bonchev–Trinajstić information content (AvgIpc) is 2.29. The molecule has 84 valence electrons. The van der Waals surface area contributed by atoms with Gasteiger partial charge in [0.2, 0.25) is 0 Å². The van der Waals surface area contributed by atoms with Crippen LogP contribution in [0.25, 0.3) is 0 Å². The summed E-state index contributed by atoms with van der Waals surface area (Å²) in [6.07, 6.45) is 1.19. The normalized spacial score (nSPS) is 12.7. The predicted molar refractivity (Wildman–Crippen MR) is 64.2 cm³/mol. The minimum Gasteiger partial charge on any atom is -0.299 e. The molecule has 0 aliphatic heterocycles. The molecule has 0 aromatic heterocycles. The van der Waals surface area contributed by atoms with E-state index < -0.39 is 0 Å². The molecule has 1 rings (SSSR count).